The molecule has 1 saturated heterocycles. The molecule has 2 aliphatic rings. The topological polar surface area (TPSA) is 129 Å². The van der Waals surface area contributed by atoms with Crippen LogP contribution in [0.2, 0.25) is 0 Å². The molecule has 0 radical (unpaired) electrons. The van der Waals surface area contributed by atoms with Crippen molar-refractivity contribution in [3.63, 3.8) is 0 Å². The van der Waals surface area contributed by atoms with E-state index in [0.29, 0.717) is 23.6 Å². The molecule has 2 aliphatic heterocycles. The van der Waals surface area contributed by atoms with E-state index in [2.05, 4.69) is 53.5 Å². The zero-order valence-electron chi connectivity index (χ0n) is 27.2. The van der Waals surface area contributed by atoms with Gasteiger partial charge in [-0.2, -0.15) is 0 Å². The number of piperidine rings is 1. The number of fused-ring (bicyclic) bond motifs is 2. The number of nitrogens with zero attached hydrogens (tertiary/aromatic N) is 4. The van der Waals surface area contributed by atoms with Crippen LogP contribution in [0.25, 0.3) is 11.0 Å². The second-order valence-corrected chi connectivity index (χ2v) is 14.3. The summed E-state index contributed by atoms with van der Waals surface area (Å²) in [6, 6.07) is 18.3. The van der Waals surface area contributed by atoms with Crippen LogP contribution in [-0.4, -0.2) is 82.8 Å². The van der Waals surface area contributed by atoms with Crippen molar-refractivity contribution in [1.29, 1.82) is 0 Å². The molecule has 1 fully saturated rings. The maximum absolute atomic E-state index is 14.0. The van der Waals surface area contributed by atoms with Crippen molar-refractivity contribution in [3.05, 3.63) is 92.4 Å². The van der Waals surface area contributed by atoms with E-state index in [1.54, 1.807) is 10.6 Å². The minimum atomic E-state index is -1.78. The van der Waals surface area contributed by atoms with Gasteiger partial charge in [0.2, 0.25) is 0 Å². The van der Waals surface area contributed by atoms with Gasteiger partial charge in [0.1, 0.15) is 11.6 Å². The van der Waals surface area contributed by atoms with Crippen molar-refractivity contribution in [2.45, 2.75) is 50.2 Å². The van der Waals surface area contributed by atoms with Gasteiger partial charge in [-0.1, -0.05) is 24.3 Å². The first-order valence-corrected chi connectivity index (χ1v) is 17.7. The summed E-state index contributed by atoms with van der Waals surface area (Å²) in [6.45, 7) is 4.12. The fourth-order valence-corrected chi connectivity index (χ4v) is 6.96. The van der Waals surface area contributed by atoms with Crippen LogP contribution in [0.5, 0.6) is 0 Å². The number of aromatic nitrogens is 2. The number of carbonyl (C=O) groups excluding carboxylic acids is 1. The number of halogens is 3. The Bertz CT molecular complexity index is 1760. The van der Waals surface area contributed by atoms with E-state index in [1.165, 1.54) is 17.7 Å². The number of nitrogens with one attached hydrogen (secondary N) is 2. The lowest BCUT2D eigenvalue weighted by Gasteiger charge is -2.33. The molecule has 2 amide bonds. The fraction of sp³-hybridized carbons (Fsp3) is 0.400. The average Bonchev–Trinajstić information content (AvgIpc) is 3.32. The van der Waals surface area contributed by atoms with Crippen LogP contribution in [0.4, 0.5) is 14.9 Å². The predicted molar refractivity (Wildman–Crippen MR) is 194 cm³/mol. The van der Waals surface area contributed by atoms with Gasteiger partial charge in [0.15, 0.2) is 5.54 Å². The van der Waals surface area contributed by atoms with Crippen LogP contribution < -0.4 is 16.4 Å². The molecule has 1 aromatic heterocycles. The third kappa shape index (κ3) is 8.43. The van der Waals surface area contributed by atoms with E-state index in [4.69, 9.17) is 5.73 Å². The van der Waals surface area contributed by atoms with Crippen molar-refractivity contribution >= 4 is 60.6 Å². The number of benzene rings is 3. The number of hydrogen-bond acceptors (Lipinski definition) is 6. The van der Waals surface area contributed by atoms with Gasteiger partial charge in [0.05, 0.1) is 11.0 Å². The Morgan fingerprint density at radius 3 is 2.56 bits per heavy atom. The first kappa shape index (κ1) is 35.9. The van der Waals surface area contributed by atoms with Gasteiger partial charge in [0.25, 0.3) is 0 Å². The van der Waals surface area contributed by atoms with Crippen molar-refractivity contribution in [3.8, 4) is 0 Å². The van der Waals surface area contributed by atoms with E-state index in [-0.39, 0.29) is 18.3 Å². The first-order valence-electron chi connectivity index (χ1n) is 16.1. The molecule has 1 atom stereocenters. The van der Waals surface area contributed by atoms with Gasteiger partial charge >= 0.3 is 12.0 Å². The maximum Gasteiger partial charge on any atom is 0.331 e. The van der Waals surface area contributed by atoms with Crippen LogP contribution in [0.3, 0.4) is 0 Å². The SMILES string of the molecule is CN(C)CCCn1c(C(N)(Cc2ccc(Br)c(Br)c2)C(=O)O)nc2ccc(F)cc21.O=C1Nc2ccccc2CCN1C1CCNCC1. The number of rotatable bonds is 9. The van der Waals surface area contributed by atoms with Crippen LogP contribution in [0.1, 0.15) is 36.2 Å². The molecule has 48 heavy (non-hydrogen) atoms. The van der Waals surface area contributed by atoms with Crippen molar-refractivity contribution in [1.82, 2.24) is 24.7 Å². The van der Waals surface area contributed by atoms with Gasteiger partial charge in [-0.25, -0.2) is 19.0 Å². The Hall–Kier alpha value is -3.36. The Kier molecular flexibility index (Phi) is 11.9. The Morgan fingerprint density at radius 1 is 1.10 bits per heavy atom. The molecule has 13 heteroatoms. The molecule has 4 aromatic rings. The summed E-state index contributed by atoms with van der Waals surface area (Å²) in [7, 11) is 3.92. The third-order valence-corrected chi connectivity index (χ3v) is 10.7. The molecule has 3 heterocycles. The summed E-state index contributed by atoms with van der Waals surface area (Å²) < 4.78 is 17.4. The molecule has 10 nitrogen and oxygen atoms in total. The van der Waals surface area contributed by atoms with Crippen molar-refractivity contribution < 1.29 is 19.1 Å². The zero-order chi connectivity index (χ0) is 34.4. The summed E-state index contributed by atoms with van der Waals surface area (Å²) in [5.41, 5.74) is 8.74. The number of para-hydroxylation sites is 1. The molecule has 0 aliphatic carbocycles. The number of anilines is 1. The van der Waals surface area contributed by atoms with Crippen LogP contribution >= 0.6 is 31.9 Å². The number of imidazole rings is 1. The van der Waals surface area contributed by atoms with Crippen molar-refractivity contribution in [2.24, 2.45) is 5.73 Å². The first-order chi connectivity index (χ1) is 23.0. The molecule has 0 saturated carbocycles. The molecule has 0 spiro atoms. The van der Waals surface area contributed by atoms with Gasteiger partial charge in [0, 0.05) is 40.2 Å². The normalized spacial score (nSPS) is 16.5. The highest BCUT2D eigenvalue weighted by atomic mass is 79.9. The van der Waals surface area contributed by atoms with E-state index in [1.807, 2.05) is 60.3 Å². The van der Waals surface area contributed by atoms with Crippen LogP contribution in [-0.2, 0) is 29.7 Å². The minimum Gasteiger partial charge on any atom is -0.480 e. The number of hydrogen-bond donors (Lipinski definition) is 4. The quantitative estimate of drug-likeness (QED) is 0.165. The average molecular weight is 788 g/mol. The van der Waals surface area contributed by atoms with E-state index >= 15 is 0 Å². The highest BCUT2D eigenvalue weighted by Gasteiger charge is 2.41. The highest BCUT2D eigenvalue weighted by molar-refractivity contribution is 9.13. The number of carboxylic acids is 1. The van der Waals surface area contributed by atoms with Gasteiger partial charge in [-0.15, -0.1) is 0 Å². The Labute approximate surface area is 297 Å². The standard InChI is InChI=1S/C21H23Br2FN4O2.C14H19N3O/c1-27(2)8-3-9-28-18-11-14(24)5-7-17(18)26-19(28)21(25,20(29)30)12-13-4-6-15(22)16(23)10-13;18-14-16-13-4-2-1-3-11(13)7-10-17(14)12-5-8-15-9-6-12/h4-7,10-11H,3,8-9,12,25H2,1-2H3,(H,29,30);1-4,12,15H,5-10H2,(H,16,18). The summed E-state index contributed by atoms with van der Waals surface area (Å²) in [5.74, 6) is -1.38. The molecule has 1 unspecified atom stereocenters. The summed E-state index contributed by atoms with van der Waals surface area (Å²) >= 11 is 6.86. The van der Waals surface area contributed by atoms with Crippen molar-refractivity contribution in [2.75, 3.05) is 45.6 Å². The van der Waals surface area contributed by atoms with Gasteiger partial charge in [-0.3, -0.25) is 0 Å². The summed E-state index contributed by atoms with van der Waals surface area (Å²) in [6.07, 6.45) is 3.83. The minimum absolute atomic E-state index is 0.0354. The number of aryl methyl sites for hydroxylation is 1. The van der Waals surface area contributed by atoms with E-state index in [9.17, 15) is 19.1 Å². The predicted octanol–water partition coefficient (Wildman–Crippen LogP) is 5.96. The van der Waals surface area contributed by atoms with E-state index in [0.717, 1.165) is 72.1 Å². The van der Waals surface area contributed by atoms with E-state index < -0.39 is 17.3 Å². The molecule has 256 valence electrons. The molecule has 5 N–H and O–H groups in total. The highest BCUT2D eigenvalue weighted by Crippen LogP contribution is 2.31. The lowest BCUT2D eigenvalue weighted by Crippen LogP contribution is -2.49. The Morgan fingerprint density at radius 2 is 1.85 bits per heavy atom. The largest absolute Gasteiger partial charge is 0.480 e. The smallest absolute Gasteiger partial charge is 0.331 e. The summed E-state index contributed by atoms with van der Waals surface area (Å²) in [4.78, 5) is 33.2. The lowest BCUT2D eigenvalue weighted by molar-refractivity contribution is -0.144. The monoisotopic (exact) mass is 785 g/mol. The number of nitrogens with two attached hydrogens (primary N) is 1. The molecule has 3 aromatic carbocycles. The number of urea groups is 1. The lowest BCUT2D eigenvalue weighted by atomic mass is 9.90. The number of carbonyl (C=O) groups is 2. The van der Waals surface area contributed by atoms with Gasteiger partial charge < -0.3 is 35.8 Å². The maximum atomic E-state index is 14.0. The number of amides is 2. The number of carboxylic acid groups (broad SMARTS) is 1. The summed E-state index contributed by atoms with van der Waals surface area (Å²) in [5, 5.41) is 16.5. The number of aliphatic carboxylic acids is 1. The molecule has 0 bridgehead atoms. The van der Waals surface area contributed by atoms with Gasteiger partial charge in [-0.05, 0) is 139 Å². The fourth-order valence-electron chi connectivity index (χ4n) is 6.29. The van der Waals surface area contributed by atoms with Crippen LogP contribution in [0, 0.1) is 5.82 Å². The second-order valence-electron chi connectivity index (χ2n) is 12.6. The Balaban J connectivity index is 0.000000212. The zero-order valence-corrected chi connectivity index (χ0v) is 30.4. The second kappa shape index (κ2) is 15.9. The third-order valence-electron chi connectivity index (χ3n) is 8.84. The molecular formula is C35H42Br2FN7O3. The molecular weight excluding hydrogens is 745 g/mol. The van der Waals surface area contributed by atoms with Crippen LogP contribution in [0.15, 0.2) is 69.6 Å². The molecule has 6 rings (SSSR count).